The van der Waals surface area contributed by atoms with Gasteiger partial charge < -0.3 is 15.4 Å². The van der Waals surface area contributed by atoms with Crippen molar-refractivity contribution in [3.05, 3.63) is 51.2 Å². The molecular weight excluding hydrogens is 553 g/mol. The van der Waals surface area contributed by atoms with Crippen LogP contribution in [0.25, 0.3) is 10.2 Å². The molecular formula is C25H21ClFN5O6S. The van der Waals surface area contributed by atoms with Crippen LogP contribution in [0, 0.1) is 5.82 Å². The average Bonchev–Trinajstić information content (AvgIpc) is 3.43. The molecule has 202 valence electrons. The maximum absolute atomic E-state index is 14.6. The molecule has 1 atom stereocenters. The number of benzene rings is 2. The van der Waals surface area contributed by atoms with Crippen LogP contribution in [0.3, 0.4) is 0 Å². The van der Waals surface area contributed by atoms with E-state index in [1.54, 1.807) is 13.8 Å². The molecule has 0 aliphatic carbocycles. The van der Waals surface area contributed by atoms with E-state index in [9.17, 15) is 28.4 Å². The van der Waals surface area contributed by atoms with Crippen LogP contribution in [0.4, 0.5) is 14.9 Å². The SMILES string of the molecule is COc1cc(Cl)c(F)c2sc(C(C)(C)NC(=O)Nc3ccc4c(c3)C(=O)N(C3CCC(=O)NC3=O)C4=O)nc12. The number of fused-ring (bicyclic) bond motifs is 2. The smallest absolute Gasteiger partial charge is 0.319 e. The maximum Gasteiger partial charge on any atom is 0.319 e. The molecule has 1 saturated heterocycles. The van der Waals surface area contributed by atoms with E-state index in [1.165, 1.54) is 31.4 Å². The Labute approximate surface area is 229 Å². The topological polar surface area (TPSA) is 147 Å². The van der Waals surface area contributed by atoms with E-state index in [0.29, 0.717) is 10.8 Å². The van der Waals surface area contributed by atoms with Crippen molar-refractivity contribution in [2.45, 2.75) is 38.3 Å². The molecule has 0 spiro atoms. The molecule has 11 nitrogen and oxygen atoms in total. The van der Waals surface area contributed by atoms with Gasteiger partial charge in [-0.15, -0.1) is 11.3 Å². The van der Waals surface area contributed by atoms with E-state index in [-0.39, 0.29) is 44.9 Å². The Morgan fingerprint density at radius 1 is 1.21 bits per heavy atom. The fraction of sp³-hybridized carbons (Fsp3) is 0.280. The van der Waals surface area contributed by atoms with Gasteiger partial charge in [-0.25, -0.2) is 14.2 Å². The molecule has 2 aromatic carbocycles. The van der Waals surface area contributed by atoms with Gasteiger partial charge in [0.05, 0.1) is 33.5 Å². The third-order valence-electron chi connectivity index (χ3n) is 6.41. The third-order valence-corrected chi connectivity index (χ3v) is 8.05. The van der Waals surface area contributed by atoms with Gasteiger partial charge in [-0.05, 0) is 38.5 Å². The molecule has 2 aliphatic heterocycles. The van der Waals surface area contributed by atoms with Crippen molar-refractivity contribution in [2.75, 3.05) is 12.4 Å². The second-order valence-corrected chi connectivity index (χ2v) is 10.9. The summed E-state index contributed by atoms with van der Waals surface area (Å²) in [5.74, 6) is -2.87. The first-order valence-electron chi connectivity index (χ1n) is 11.7. The van der Waals surface area contributed by atoms with Crippen LogP contribution in [0.2, 0.25) is 5.02 Å². The highest BCUT2D eigenvalue weighted by Gasteiger charge is 2.44. The molecule has 1 aromatic heterocycles. The second-order valence-electron chi connectivity index (χ2n) is 9.48. The minimum atomic E-state index is -1.09. The molecule has 39 heavy (non-hydrogen) atoms. The quantitative estimate of drug-likeness (QED) is 0.395. The summed E-state index contributed by atoms with van der Waals surface area (Å²) < 4.78 is 20.1. The number of urea groups is 1. The summed E-state index contributed by atoms with van der Waals surface area (Å²) in [5, 5.41) is 7.80. The third kappa shape index (κ3) is 4.57. The Bertz CT molecular complexity index is 1610. The van der Waals surface area contributed by atoms with Crippen molar-refractivity contribution < 1.29 is 33.1 Å². The molecule has 3 aromatic rings. The molecule has 1 fully saturated rings. The molecule has 0 bridgehead atoms. The van der Waals surface area contributed by atoms with Crippen LogP contribution >= 0.6 is 22.9 Å². The van der Waals surface area contributed by atoms with Crippen LogP contribution in [-0.2, 0) is 15.1 Å². The lowest BCUT2D eigenvalue weighted by Gasteiger charge is -2.27. The van der Waals surface area contributed by atoms with Crippen molar-refractivity contribution in [1.82, 2.24) is 20.5 Å². The van der Waals surface area contributed by atoms with Crippen LogP contribution < -0.4 is 20.7 Å². The number of anilines is 1. The number of aromatic nitrogens is 1. The number of hydrogen-bond acceptors (Lipinski definition) is 8. The van der Waals surface area contributed by atoms with Crippen molar-refractivity contribution in [3.8, 4) is 5.75 Å². The van der Waals surface area contributed by atoms with Crippen LogP contribution in [-0.4, -0.2) is 52.7 Å². The number of carbonyl (C=O) groups is 5. The number of hydrogen-bond donors (Lipinski definition) is 3. The number of piperidine rings is 1. The molecule has 0 saturated carbocycles. The summed E-state index contributed by atoms with van der Waals surface area (Å²) in [6, 6.07) is 3.76. The van der Waals surface area contributed by atoms with Crippen molar-refractivity contribution in [2.24, 2.45) is 0 Å². The van der Waals surface area contributed by atoms with E-state index < -0.39 is 47.1 Å². The normalized spacial score (nSPS) is 17.4. The number of halogens is 2. The van der Waals surface area contributed by atoms with E-state index >= 15 is 0 Å². The number of rotatable bonds is 5. The largest absolute Gasteiger partial charge is 0.494 e. The van der Waals surface area contributed by atoms with Gasteiger partial charge in [0.15, 0.2) is 5.82 Å². The van der Waals surface area contributed by atoms with Crippen LogP contribution in [0.15, 0.2) is 24.3 Å². The van der Waals surface area contributed by atoms with E-state index in [1.807, 2.05) is 0 Å². The zero-order valence-corrected chi connectivity index (χ0v) is 22.4. The zero-order chi connectivity index (χ0) is 28.2. The first kappa shape index (κ1) is 26.5. The van der Waals surface area contributed by atoms with Crippen molar-refractivity contribution in [1.29, 1.82) is 0 Å². The number of ether oxygens (including phenoxy) is 1. The average molecular weight is 574 g/mol. The lowest BCUT2D eigenvalue weighted by molar-refractivity contribution is -0.136. The van der Waals surface area contributed by atoms with E-state index in [2.05, 4.69) is 20.9 Å². The monoisotopic (exact) mass is 573 g/mol. The minimum Gasteiger partial charge on any atom is -0.494 e. The highest BCUT2D eigenvalue weighted by molar-refractivity contribution is 7.18. The van der Waals surface area contributed by atoms with E-state index in [4.69, 9.17) is 16.3 Å². The number of imide groups is 2. The summed E-state index contributed by atoms with van der Waals surface area (Å²) in [7, 11) is 1.41. The Hall–Kier alpha value is -4.10. The molecule has 3 heterocycles. The number of methoxy groups -OCH3 is 1. The summed E-state index contributed by atoms with van der Waals surface area (Å²) in [5.41, 5.74) is -0.454. The van der Waals surface area contributed by atoms with E-state index in [0.717, 1.165) is 16.2 Å². The minimum absolute atomic E-state index is 0.00763. The second kappa shape index (κ2) is 9.58. The van der Waals surface area contributed by atoms with Crippen molar-refractivity contribution in [3.63, 3.8) is 0 Å². The zero-order valence-electron chi connectivity index (χ0n) is 20.8. The number of nitrogens with zero attached hydrogens (tertiary/aromatic N) is 2. The number of carbonyl (C=O) groups excluding carboxylic acids is 5. The van der Waals surface area contributed by atoms with Gasteiger partial charge in [0, 0.05) is 18.2 Å². The number of thiazole rings is 1. The predicted octanol–water partition coefficient (Wildman–Crippen LogP) is 3.56. The Kier molecular flexibility index (Phi) is 6.51. The lowest BCUT2D eigenvalue weighted by Crippen LogP contribution is -2.54. The van der Waals surface area contributed by atoms with Gasteiger partial charge in [-0.1, -0.05) is 11.6 Å². The summed E-state index contributed by atoms with van der Waals surface area (Å²) in [6.45, 7) is 3.36. The predicted molar refractivity (Wildman–Crippen MR) is 139 cm³/mol. The Balaban J connectivity index is 1.33. The highest BCUT2D eigenvalue weighted by atomic mass is 35.5. The van der Waals surface area contributed by atoms with Crippen molar-refractivity contribution >= 4 is 68.5 Å². The van der Waals surface area contributed by atoms with Gasteiger partial charge in [-0.3, -0.25) is 29.4 Å². The number of amides is 6. The fourth-order valence-electron chi connectivity index (χ4n) is 4.46. The first-order valence-corrected chi connectivity index (χ1v) is 12.9. The van der Waals surface area contributed by atoms with Crippen LogP contribution in [0.1, 0.15) is 52.4 Å². The molecule has 0 radical (unpaired) electrons. The molecule has 14 heteroatoms. The van der Waals surface area contributed by atoms with Gasteiger partial charge in [0.2, 0.25) is 11.8 Å². The highest BCUT2D eigenvalue weighted by Crippen LogP contribution is 2.39. The Morgan fingerprint density at radius 3 is 2.62 bits per heavy atom. The Morgan fingerprint density at radius 2 is 1.92 bits per heavy atom. The summed E-state index contributed by atoms with van der Waals surface area (Å²) in [4.78, 5) is 67.8. The molecule has 6 amide bonds. The molecule has 1 unspecified atom stereocenters. The fourth-order valence-corrected chi connectivity index (χ4v) is 5.79. The lowest BCUT2D eigenvalue weighted by atomic mass is 10.0. The summed E-state index contributed by atoms with van der Waals surface area (Å²) >= 11 is 6.98. The summed E-state index contributed by atoms with van der Waals surface area (Å²) in [6.07, 6.45) is 0.0418. The molecule has 3 N–H and O–H groups in total. The number of nitrogens with one attached hydrogen (secondary N) is 3. The molecule has 2 aliphatic rings. The van der Waals surface area contributed by atoms with Gasteiger partial charge in [0.1, 0.15) is 22.3 Å². The standard InChI is InChI=1S/C25H21ClFN5O6S/c1-25(2,23-30-18-15(38-3)9-13(26)17(27)19(18)39-23)31-24(37)28-10-4-5-11-12(8-10)22(36)32(21(11)35)14-6-7-16(33)29-20(14)34/h4-5,8-9,14H,6-7H2,1-3H3,(H2,28,31,37)(H,29,33,34). The van der Waals surface area contributed by atoms with Gasteiger partial charge >= 0.3 is 6.03 Å². The first-order chi connectivity index (χ1) is 18.4. The van der Waals surface area contributed by atoms with Gasteiger partial charge in [-0.2, -0.15) is 0 Å². The van der Waals surface area contributed by atoms with Gasteiger partial charge in [0.25, 0.3) is 11.8 Å². The molecule has 5 rings (SSSR count). The van der Waals surface area contributed by atoms with Crippen LogP contribution in [0.5, 0.6) is 5.75 Å². The maximum atomic E-state index is 14.6.